The predicted octanol–water partition coefficient (Wildman–Crippen LogP) is 0.914. The van der Waals surface area contributed by atoms with Gasteiger partial charge in [-0.3, -0.25) is 5.10 Å². The van der Waals surface area contributed by atoms with Crippen molar-refractivity contribution in [2.24, 2.45) is 11.8 Å². The van der Waals surface area contributed by atoms with Gasteiger partial charge in [0, 0.05) is 17.2 Å². The summed E-state index contributed by atoms with van der Waals surface area (Å²) in [6, 6.07) is 0. The van der Waals surface area contributed by atoms with E-state index in [0.29, 0.717) is 11.7 Å². The lowest BCUT2D eigenvalue weighted by Crippen LogP contribution is -2.00. The summed E-state index contributed by atoms with van der Waals surface area (Å²) in [5, 5.41) is 7.17. The van der Waals surface area contributed by atoms with E-state index in [1.165, 1.54) is 11.3 Å². The normalized spacial score (nSPS) is 34.5. The fraction of sp³-hybridized carbons (Fsp3) is 0.700. The van der Waals surface area contributed by atoms with Crippen LogP contribution in [0.1, 0.15) is 24.1 Å². The molecule has 1 aromatic heterocycles. The first-order valence-electron chi connectivity index (χ1n) is 5.23. The van der Waals surface area contributed by atoms with Crippen LogP contribution in [-0.4, -0.2) is 23.4 Å². The third kappa shape index (κ3) is 0.945. The smallest absolute Gasteiger partial charge is 0.148 e. The molecule has 0 radical (unpaired) electrons. The van der Waals surface area contributed by atoms with Crippen LogP contribution >= 0.6 is 0 Å². The fourth-order valence-corrected chi connectivity index (χ4v) is 2.71. The highest BCUT2D eigenvalue weighted by molar-refractivity contribution is 5.45. The van der Waals surface area contributed by atoms with Gasteiger partial charge in [0.1, 0.15) is 5.82 Å². The number of aromatic nitrogens is 2. The Morgan fingerprint density at radius 1 is 1.50 bits per heavy atom. The zero-order chi connectivity index (χ0) is 9.71. The molecule has 1 aromatic rings. The number of hydrogen-bond donors (Lipinski definition) is 2. The average Bonchev–Trinajstić information content (AvgIpc) is 2.61. The molecule has 3 rings (SSSR count). The summed E-state index contributed by atoms with van der Waals surface area (Å²) in [4.78, 5) is 0. The highest BCUT2D eigenvalue weighted by Gasteiger charge is 2.56. The molecule has 3 N–H and O–H groups in total. The second-order valence-corrected chi connectivity index (χ2v) is 4.25. The molecule has 0 spiro atoms. The first-order chi connectivity index (χ1) is 6.83. The Kier molecular flexibility index (Phi) is 1.62. The van der Waals surface area contributed by atoms with Crippen LogP contribution in [0.3, 0.4) is 0 Å². The molecule has 1 aliphatic heterocycles. The standard InChI is InChI=1S/C10H15N3O/c1-2-5-9(12-13-10(5)11)8-6-3-14-4-7(6)8/h6-8H,2-4H2,1H3,(H3,11,12,13). The second kappa shape index (κ2) is 2.73. The van der Waals surface area contributed by atoms with Crippen LogP contribution in [0.25, 0.3) is 0 Å². The molecule has 4 nitrogen and oxygen atoms in total. The van der Waals surface area contributed by atoms with Gasteiger partial charge in [0.25, 0.3) is 0 Å². The molecule has 2 atom stereocenters. The number of ether oxygens (including phenoxy) is 1. The van der Waals surface area contributed by atoms with E-state index in [2.05, 4.69) is 17.1 Å². The maximum absolute atomic E-state index is 5.79. The lowest BCUT2D eigenvalue weighted by atomic mass is 10.1. The summed E-state index contributed by atoms with van der Waals surface area (Å²) in [5.74, 6) is 2.76. The summed E-state index contributed by atoms with van der Waals surface area (Å²) in [6.07, 6.45) is 0.967. The molecule has 0 amide bonds. The molecular weight excluding hydrogens is 178 g/mol. The Morgan fingerprint density at radius 3 is 2.86 bits per heavy atom. The summed E-state index contributed by atoms with van der Waals surface area (Å²) in [7, 11) is 0. The molecule has 0 bridgehead atoms. The molecule has 4 heteroatoms. The average molecular weight is 193 g/mol. The van der Waals surface area contributed by atoms with Crippen molar-refractivity contribution in [2.75, 3.05) is 18.9 Å². The second-order valence-electron chi connectivity index (χ2n) is 4.25. The van der Waals surface area contributed by atoms with E-state index < -0.39 is 0 Å². The van der Waals surface area contributed by atoms with Crippen LogP contribution in [0.5, 0.6) is 0 Å². The Hall–Kier alpha value is -1.03. The molecule has 14 heavy (non-hydrogen) atoms. The number of nitrogens with one attached hydrogen (secondary N) is 1. The SMILES string of the molecule is CCc1c(N)n[nH]c1C1C2COCC21. The van der Waals surface area contributed by atoms with Crippen molar-refractivity contribution >= 4 is 5.82 Å². The van der Waals surface area contributed by atoms with Gasteiger partial charge in [0.05, 0.1) is 13.2 Å². The largest absolute Gasteiger partial charge is 0.382 e. The first kappa shape index (κ1) is 8.29. The van der Waals surface area contributed by atoms with Crippen LogP contribution in [0.4, 0.5) is 5.82 Å². The third-order valence-corrected chi connectivity index (χ3v) is 3.57. The van der Waals surface area contributed by atoms with Crippen LogP contribution in [0.15, 0.2) is 0 Å². The number of H-pyrrole nitrogens is 1. The van der Waals surface area contributed by atoms with Crippen molar-refractivity contribution in [2.45, 2.75) is 19.3 Å². The van der Waals surface area contributed by atoms with Gasteiger partial charge < -0.3 is 10.5 Å². The maximum Gasteiger partial charge on any atom is 0.148 e. The summed E-state index contributed by atoms with van der Waals surface area (Å²) in [6.45, 7) is 3.95. The van der Waals surface area contributed by atoms with E-state index in [9.17, 15) is 0 Å². The van der Waals surface area contributed by atoms with Gasteiger partial charge in [0.15, 0.2) is 0 Å². The van der Waals surface area contributed by atoms with E-state index in [4.69, 9.17) is 10.5 Å². The number of nitrogens with two attached hydrogens (primary N) is 1. The van der Waals surface area contributed by atoms with Crippen molar-refractivity contribution < 1.29 is 4.74 Å². The number of aromatic amines is 1. The van der Waals surface area contributed by atoms with Gasteiger partial charge in [-0.15, -0.1) is 0 Å². The summed E-state index contributed by atoms with van der Waals surface area (Å²) < 4.78 is 5.37. The Morgan fingerprint density at radius 2 is 2.21 bits per heavy atom. The number of hydrogen-bond acceptors (Lipinski definition) is 3. The number of nitrogen functional groups attached to an aromatic ring is 1. The zero-order valence-corrected chi connectivity index (χ0v) is 8.29. The zero-order valence-electron chi connectivity index (χ0n) is 8.29. The van der Waals surface area contributed by atoms with Gasteiger partial charge in [-0.05, 0) is 18.3 Å². The molecule has 2 aliphatic rings. The quantitative estimate of drug-likeness (QED) is 0.734. The van der Waals surface area contributed by atoms with Gasteiger partial charge in [-0.25, -0.2) is 0 Å². The summed E-state index contributed by atoms with van der Waals surface area (Å²) >= 11 is 0. The van der Waals surface area contributed by atoms with Crippen molar-refractivity contribution in [3.63, 3.8) is 0 Å². The molecule has 2 heterocycles. The molecule has 1 saturated heterocycles. The van der Waals surface area contributed by atoms with Crippen LogP contribution < -0.4 is 5.73 Å². The van der Waals surface area contributed by atoms with Gasteiger partial charge in [0.2, 0.25) is 0 Å². The van der Waals surface area contributed by atoms with Crippen molar-refractivity contribution in [1.29, 1.82) is 0 Å². The van der Waals surface area contributed by atoms with Gasteiger partial charge >= 0.3 is 0 Å². The van der Waals surface area contributed by atoms with Crippen LogP contribution in [-0.2, 0) is 11.2 Å². The first-order valence-corrected chi connectivity index (χ1v) is 5.23. The predicted molar refractivity (Wildman–Crippen MR) is 52.9 cm³/mol. The van der Waals surface area contributed by atoms with Crippen molar-refractivity contribution in [3.8, 4) is 0 Å². The number of fused-ring (bicyclic) bond motifs is 1. The molecule has 1 aliphatic carbocycles. The van der Waals surface area contributed by atoms with E-state index in [1.807, 2.05) is 0 Å². The third-order valence-electron chi connectivity index (χ3n) is 3.57. The minimum absolute atomic E-state index is 0.642. The molecule has 2 fully saturated rings. The minimum atomic E-state index is 0.642. The number of nitrogens with zero attached hydrogens (tertiary/aromatic N) is 1. The Labute approximate surface area is 82.8 Å². The number of anilines is 1. The molecule has 76 valence electrons. The molecule has 1 saturated carbocycles. The highest BCUT2D eigenvalue weighted by atomic mass is 16.5. The monoisotopic (exact) mass is 193 g/mol. The van der Waals surface area contributed by atoms with E-state index in [0.717, 1.165) is 31.5 Å². The van der Waals surface area contributed by atoms with Gasteiger partial charge in [-0.2, -0.15) is 5.10 Å². The summed E-state index contributed by atoms with van der Waals surface area (Å²) in [5.41, 5.74) is 8.27. The molecule has 2 unspecified atom stereocenters. The fourth-order valence-electron chi connectivity index (χ4n) is 2.71. The molecule has 0 aromatic carbocycles. The van der Waals surface area contributed by atoms with Gasteiger partial charge in [-0.1, -0.05) is 6.92 Å². The minimum Gasteiger partial charge on any atom is -0.382 e. The molecular formula is C10H15N3O. The highest BCUT2D eigenvalue weighted by Crippen LogP contribution is 2.57. The maximum atomic E-state index is 5.79. The number of rotatable bonds is 2. The van der Waals surface area contributed by atoms with E-state index in [-0.39, 0.29) is 0 Å². The van der Waals surface area contributed by atoms with E-state index in [1.54, 1.807) is 0 Å². The van der Waals surface area contributed by atoms with Crippen molar-refractivity contribution in [3.05, 3.63) is 11.3 Å². The van der Waals surface area contributed by atoms with Crippen molar-refractivity contribution in [1.82, 2.24) is 10.2 Å². The lowest BCUT2D eigenvalue weighted by Gasteiger charge is -2.03. The lowest BCUT2D eigenvalue weighted by molar-refractivity contribution is 0.159. The van der Waals surface area contributed by atoms with Crippen LogP contribution in [0.2, 0.25) is 0 Å². The van der Waals surface area contributed by atoms with Crippen LogP contribution in [0, 0.1) is 11.8 Å². The topological polar surface area (TPSA) is 63.9 Å². The Balaban J connectivity index is 1.90. The van der Waals surface area contributed by atoms with E-state index >= 15 is 0 Å². The Bertz CT molecular complexity index is 350.